The average Bonchev–Trinajstić information content (AvgIpc) is 2.28. The molecular formula is C10H9ClN2O3S. The first-order chi connectivity index (χ1) is 7.95. The number of aryl methyl sites for hydroxylation is 1. The highest BCUT2D eigenvalue weighted by molar-refractivity contribution is 8.14. The molecule has 1 aromatic carbocycles. The maximum atomic E-state index is 11.9. The lowest BCUT2D eigenvalue weighted by Crippen LogP contribution is -2.20. The fraction of sp³-hybridized carbons (Fsp3) is 0.200. The molecule has 0 aliphatic heterocycles. The van der Waals surface area contributed by atoms with Crippen molar-refractivity contribution in [1.82, 2.24) is 9.55 Å². The number of fused-ring (bicyclic) bond motifs is 1. The van der Waals surface area contributed by atoms with E-state index in [1.807, 2.05) is 0 Å². The van der Waals surface area contributed by atoms with Crippen LogP contribution in [0.5, 0.6) is 0 Å². The van der Waals surface area contributed by atoms with Crippen LogP contribution in [-0.4, -0.2) is 18.0 Å². The third-order valence-corrected chi connectivity index (χ3v) is 3.77. The van der Waals surface area contributed by atoms with E-state index in [0.717, 1.165) is 0 Å². The van der Waals surface area contributed by atoms with Gasteiger partial charge in [0, 0.05) is 17.2 Å². The molecule has 5 nitrogen and oxygen atoms in total. The number of para-hydroxylation sites is 1. The Hall–Kier alpha value is -1.40. The number of hydrogen-bond acceptors (Lipinski definition) is 4. The molecule has 7 heteroatoms. The molecule has 0 spiro atoms. The van der Waals surface area contributed by atoms with E-state index in [2.05, 4.69) is 4.98 Å². The quantitative estimate of drug-likeness (QED) is 0.774. The van der Waals surface area contributed by atoms with Gasteiger partial charge in [0.05, 0.1) is 17.2 Å². The molecule has 0 bridgehead atoms. The van der Waals surface area contributed by atoms with Crippen LogP contribution < -0.4 is 5.56 Å². The number of rotatable bonds is 2. The molecule has 0 radical (unpaired) electrons. The van der Waals surface area contributed by atoms with E-state index in [1.54, 1.807) is 6.92 Å². The van der Waals surface area contributed by atoms with Crippen molar-refractivity contribution in [2.75, 3.05) is 0 Å². The van der Waals surface area contributed by atoms with Gasteiger partial charge in [-0.1, -0.05) is 6.07 Å². The first-order valence-electron chi connectivity index (χ1n) is 4.88. The molecule has 0 N–H and O–H groups in total. The van der Waals surface area contributed by atoms with Crippen molar-refractivity contribution in [2.45, 2.75) is 18.4 Å². The molecule has 90 valence electrons. The predicted octanol–water partition coefficient (Wildman–Crippen LogP) is 1.34. The molecule has 0 saturated heterocycles. The summed E-state index contributed by atoms with van der Waals surface area (Å²) >= 11 is 0. The van der Waals surface area contributed by atoms with Gasteiger partial charge in [-0.25, -0.2) is 13.4 Å². The van der Waals surface area contributed by atoms with Crippen LogP contribution in [0.1, 0.15) is 6.92 Å². The highest BCUT2D eigenvalue weighted by Gasteiger charge is 2.16. The fourth-order valence-corrected chi connectivity index (χ4v) is 2.59. The lowest BCUT2D eigenvalue weighted by atomic mass is 10.2. The molecule has 17 heavy (non-hydrogen) atoms. The summed E-state index contributed by atoms with van der Waals surface area (Å²) in [7, 11) is 1.38. The molecule has 0 fully saturated rings. The van der Waals surface area contributed by atoms with Crippen LogP contribution in [0, 0.1) is 0 Å². The van der Waals surface area contributed by atoms with E-state index in [1.165, 1.54) is 29.1 Å². The van der Waals surface area contributed by atoms with E-state index < -0.39 is 9.05 Å². The minimum absolute atomic E-state index is 0.109. The zero-order valence-corrected chi connectivity index (χ0v) is 10.5. The summed E-state index contributed by atoms with van der Waals surface area (Å²) in [5.41, 5.74) is -0.170. The summed E-state index contributed by atoms with van der Waals surface area (Å²) < 4.78 is 24.1. The number of hydrogen-bond donors (Lipinski definition) is 0. The highest BCUT2D eigenvalue weighted by atomic mass is 35.7. The Morgan fingerprint density at radius 3 is 2.71 bits per heavy atom. The first kappa shape index (κ1) is 12.1. The van der Waals surface area contributed by atoms with Gasteiger partial charge in [0.25, 0.3) is 14.6 Å². The third kappa shape index (κ3) is 2.05. The van der Waals surface area contributed by atoms with Crippen LogP contribution in [-0.2, 0) is 15.6 Å². The second-order valence-corrected chi connectivity index (χ2v) is 5.96. The molecular weight excluding hydrogens is 264 g/mol. The van der Waals surface area contributed by atoms with Crippen molar-refractivity contribution in [1.29, 1.82) is 0 Å². The van der Waals surface area contributed by atoms with E-state index in [0.29, 0.717) is 6.54 Å². The molecule has 0 aliphatic carbocycles. The maximum Gasteiger partial charge on any atom is 0.263 e. The van der Waals surface area contributed by atoms with E-state index in [4.69, 9.17) is 10.7 Å². The average molecular weight is 273 g/mol. The lowest BCUT2D eigenvalue weighted by Gasteiger charge is -2.05. The molecule has 1 heterocycles. The maximum absolute atomic E-state index is 11.9. The Balaban J connectivity index is 2.95. The number of benzene rings is 1. The summed E-state index contributed by atoms with van der Waals surface area (Å²) in [6.45, 7) is 2.27. The smallest absolute Gasteiger partial charge is 0.263 e. The van der Waals surface area contributed by atoms with Crippen molar-refractivity contribution in [2.24, 2.45) is 0 Å². The Morgan fingerprint density at radius 2 is 2.12 bits per heavy atom. The van der Waals surface area contributed by atoms with Crippen molar-refractivity contribution in [3.8, 4) is 0 Å². The molecule has 0 amide bonds. The van der Waals surface area contributed by atoms with Crippen molar-refractivity contribution < 1.29 is 8.42 Å². The van der Waals surface area contributed by atoms with Gasteiger partial charge in [-0.2, -0.15) is 0 Å². The molecule has 0 aliphatic rings. The Bertz CT molecular complexity index is 737. The second-order valence-electron chi connectivity index (χ2n) is 3.43. The second kappa shape index (κ2) is 4.12. The van der Waals surface area contributed by atoms with Crippen molar-refractivity contribution >= 4 is 30.6 Å². The van der Waals surface area contributed by atoms with Gasteiger partial charge in [0.2, 0.25) is 0 Å². The van der Waals surface area contributed by atoms with Gasteiger partial charge in [-0.15, -0.1) is 0 Å². The zero-order chi connectivity index (χ0) is 12.6. The van der Waals surface area contributed by atoms with Crippen molar-refractivity contribution in [3.63, 3.8) is 0 Å². The summed E-state index contributed by atoms with van der Waals surface area (Å²) in [5.74, 6) is 0. The van der Waals surface area contributed by atoms with Crippen LogP contribution in [0.2, 0.25) is 0 Å². The van der Waals surface area contributed by atoms with E-state index in [9.17, 15) is 13.2 Å². The fourth-order valence-electron chi connectivity index (χ4n) is 1.58. The SMILES string of the molecule is CCn1cnc2c(S(=O)(=O)Cl)cccc2c1=O. The normalized spacial score (nSPS) is 11.9. The Kier molecular flexibility index (Phi) is 2.92. The highest BCUT2D eigenvalue weighted by Crippen LogP contribution is 2.21. The van der Waals surface area contributed by atoms with E-state index >= 15 is 0 Å². The zero-order valence-electron chi connectivity index (χ0n) is 8.92. The van der Waals surface area contributed by atoms with E-state index in [-0.39, 0.29) is 21.4 Å². The largest absolute Gasteiger partial charge is 0.299 e. The van der Waals surface area contributed by atoms with Crippen molar-refractivity contribution in [3.05, 3.63) is 34.9 Å². The van der Waals surface area contributed by atoms with Crippen LogP contribution in [0.15, 0.2) is 34.2 Å². The number of nitrogens with zero attached hydrogens (tertiary/aromatic N) is 2. The molecule has 2 aromatic rings. The molecule has 0 saturated carbocycles. The third-order valence-electron chi connectivity index (χ3n) is 2.42. The van der Waals surface area contributed by atoms with Crippen LogP contribution in [0.25, 0.3) is 10.9 Å². The lowest BCUT2D eigenvalue weighted by molar-refractivity contribution is 0.610. The van der Waals surface area contributed by atoms with Gasteiger partial charge in [-0.05, 0) is 19.1 Å². The minimum Gasteiger partial charge on any atom is -0.299 e. The van der Waals surface area contributed by atoms with Gasteiger partial charge >= 0.3 is 0 Å². The van der Waals surface area contributed by atoms with Crippen LogP contribution in [0.4, 0.5) is 0 Å². The molecule has 0 atom stereocenters. The van der Waals surface area contributed by atoms with Gasteiger partial charge in [-0.3, -0.25) is 9.36 Å². The summed E-state index contributed by atoms with van der Waals surface area (Å²) in [5, 5.41) is 0.246. The predicted molar refractivity (Wildman–Crippen MR) is 64.7 cm³/mol. The van der Waals surface area contributed by atoms with Gasteiger partial charge < -0.3 is 0 Å². The van der Waals surface area contributed by atoms with Crippen LogP contribution >= 0.6 is 10.7 Å². The standard InChI is InChI=1S/C10H9ClN2O3S/c1-2-13-6-12-9-7(10(13)14)4-3-5-8(9)17(11,15)16/h3-6H,2H2,1H3. The van der Waals surface area contributed by atoms with Gasteiger partial charge in [0.1, 0.15) is 4.90 Å². The summed E-state index contributed by atoms with van der Waals surface area (Å²) in [6.07, 6.45) is 1.32. The summed E-state index contributed by atoms with van der Waals surface area (Å²) in [6, 6.07) is 4.33. The molecule has 2 rings (SSSR count). The number of aromatic nitrogens is 2. The molecule has 1 aromatic heterocycles. The number of halogens is 1. The Labute approximate surface area is 102 Å². The summed E-state index contributed by atoms with van der Waals surface area (Å²) in [4.78, 5) is 15.8. The monoisotopic (exact) mass is 272 g/mol. The topological polar surface area (TPSA) is 69.0 Å². The van der Waals surface area contributed by atoms with Crippen LogP contribution in [0.3, 0.4) is 0 Å². The van der Waals surface area contributed by atoms with Gasteiger partial charge in [0.15, 0.2) is 0 Å². The minimum atomic E-state index is -3.90. The molecule has 0 unspecified atom stereocenters. The Morgan fingerprint density at radius 1 is 1.41 bits per heavy atom. The first-order valence-corrected chi connectivity index (χ1v) is 7.19.